The Balaban J connectivity index is 1.70. The third kappa shape index (κ3) is 5.01. The number of hydrogen-bond acceptors (Lipinski definition) is 6. The van der Waals surface area contributed by atoms with E-state index in [4.69, 9.17) is 0 Å². The highest BCUT2D eigenvalue weighted by Crippen LogP contribution is 2.36. The monoisotopic (exact) mass is 478 g/mol. The molecule has 5 N–H and O–H groups in total. The van der Waals surface area contributed by atoms with Gasteiger partial charge in [0.05, 0.1) is 0 Å². The fraction of sp³-hybridized carbons (Fsp3) is 0.320. The van der Waals surface area contributed by atoms with Gasteiger partial charge in [-0.25, -0.2) is 9.59 Å². The zero-order valence-electron chi connectivity index (χ0n) is 19.5. The van der Waals surface area contributed by atoms with Gasteiger partial charge in [-0.05, 0) is 98.0 Å². The van der Waals surface area contributed by atoms with Gasteiger partial charge in [0.2, 0.25) is 5.88 Å². The van der Waals surface area contributed by atoms with Gasteiger partial charge in [0.15, 0.2) is 0 Å². The number of imide groups is 2. The summed E-state index contributed by atoms with van der Waals surface area (Å²) in [7, 11) is 0. The maximum atomic E-state index is 12.2. The fourth-order valence-corrected chi connectivity index (χ4v) is 4.61. The Morgan fingerprint density at radius 3 is 1.83 bits per heavy atom. The molecule has 3 aliphatic rings. The van der Waals surface area contributed by atoms with Crippen LogP contribution in [-0.2, 0) is 9.59 Å². The summed E-state index contributed by atoms with van der Waals surface area (Å²) in [6.45, 7) is 3.92. The molecule has 1 fully saturated rings. The number of aromatic nitrogens is 2. The van der Waals surface area contributed by atoms with Crippen molar-refractivity contribution in [1.82, 2.24) is 20.6 Å². The Morgan fingerprint density at radius 1 is 0.714 bits per heavy atom. The second kappa shape index (κ2) is 9.57. The Bertz CT molecular complexity index is 1390. The average molecular weight is 479 g/mol. The van der Waals surface area contributed by atoms with E-state index in [-0.39, 0.29) is 11.1 Å². The molecular formula is C25H26N4O6. The number of amides is 4. The van der Waals surface area contributed by atoms with Crippen molar-refractivity contribution >= 4 is 23.9 Å². The van der Waals surface area contributed by atoms with Crippen LogP contribution in [0.1, 0.15) is 57.9 Å². The van der Waals surface area contributed by atoms with E-state index in [2.05, 4.69) is 26.7 Å². The smallest absolute Gasteiger partial charge is 0.328 e. The molecule has 4 amide bonds. The van der Waals surface area contributed by atoms with Crippen molar-refractivity contribution in [2.45, 2.75) is 52.4 Å². The fourth-order valence-electron chi connectivity index (χ4n) is 4.61. The number of urea groups is 1. The minimum atomic E-state index is -0.826. The zero-order valence-corrected chi connectivity index (χ0v) is 19.5. The lowest BCUT2D eigenvalue weighted by atomic mass is 9.82. The van der Waals surface area contributed by atoms with Crippen LogP contribution in [0.4, 0.5) is 4.79 Å². The van der Waals surface area contributed by atoms with E-state index in [1.807, 2.05) is 13.8 Å². The molecule has 0 saturated carbocycles. The van der Waals surface area contributed by atoms with Crippen molar-refractivity contribution in [3.63, 3.8) is 0 Å². The highest BCUT2D eigenvalue weighted by molar-refractivity contribution is 6.29. The van der Waals surface area contributed by atoms with E-state index in [0.29, 0.717) is 6.42 Å². The third-order valence-electron chi connectivity index (χ3n) is 6.60. The first-order valence-corrected chi connectivity index (χ1v) is 11.4. The van der Waals surface area contributed by atoms with Crippen molar-refractivity contribution in [3.8, 4) is 5.88 Å². The summed E-state index contributed by atoms with van der Waals surface area (Å²) in [6, 6.07) is -0.826. The quantitative estimate of drug-likeness (QED) is 0.331. The van der Waals surface area contributed by atoms with E-state index >= 15 is 0 Å². The zero-order chi connectivity index (χ0) is 25.3. The Labute approximate surface area is 200 Å². The molecule has 2 heterocycles. The lowest BCUT2D eigenvalue weighted by Crippen LogP contribution is -2.51. The van der Waals surface area contributed by atoms with Gasteiger partial charge in [-0.2, -0.15) is 0 Å². The van der Waals surface area contributed by atoms with Gasteiger partial charge in [0.1, 0.15) is 11.1 Å². The van der Waals surface area contributed by atoms with Gasteiger partial charge >= 0.3 is 11.7 Å². The molecule has 0 radical (unpaired) electrons. The summed E-state index contributed by atoms with van der Waals surface area (Å²) in [5.41, 5.74) is 4.43. The normalized spacial score (nSPS) is 21.5. The van der Waals surface area contributed by atoms with Crippen LogP contribution in [0.25, 0.3) is 6.08 Å². The molecule has 0 unspecified atom stereocenters. The summed E-state index contributed by atoms with van der Waals surface area (Å²) in [5.74, 6) is -1.89. The molecule has 1 aromatic heterocycles. The molecule has 2 aliphatic carbocycles. The van der Waals surface area contributed by atoms with Crippen LogP contribution in [0.2, 0.25) is 0 Å². The standard InChI is InChI=1S/C25H26N4O6/c1-12-14(5-3-7-16(12)10-18-20(30)26-24(34)27-21(18)31)9-15-6-4-8-17(13(15)2)11-19-22(32)28-25(35)29-23(19)33/h9-11H,3-8H2,1-2H3,(H2,26,27,30,31,34)(H3,28,29,32,33,35)/b14-9+,17-11+. The lowest BCUT2D eigenvalue weighted by Gasteiger charge is -2.23. The molecule has 0 aromatic carbocycles. The highest BCUT2D eigenvalue weighted by atomic mass is 16.3. The van der Waals surface area contributed by atoms with Crippen molar-refractivity contribution in [2.75, 3.05) is 0 Å². The van der Waals surface area contributed by atoms with E-state index in [1.54, 1.807) is 12.2 Å². The van der Waals surface area contributed by atoms with Crippen molar-refractivity contribution in [1.29, 1.82) is 0 Å². The number of rotatable bonds is 3. The predicted octanol–water partition coefficient (Wildman–Crippen LogP) is 2.37. The van der Waals surface area contributed by atoms with E-state index < -0.39 is 35.0 Å². The van der Waals surface area contributed by atoms with Gasteiger partial charge in [-0.1, -0.05) is 6.08 Å². The maximum Gasteiger partial charge on any atom is 0.328 e. The van der Waals surface area contributed by atoms with Gasteiger partial charge in [0.25, 0.3) is 17.4 Å². The largest absolute Gasteiger partial charge is 0.494 e. The Kier molecular flexibility index (Phi) is 6.54. The van der Waals surface area contributed by atoms with Crippen LogP contribution in [0, 0.1) is 0 Å². The first-order chi connectivity index (χ1) is 16.6. The highest BCUT2D eigenvalue weighted by Gasteiger charge is 2.28. The van der Waals surface area contributed by atoms with Crippen LogP contribution < -0.4 is 21.9 Å². The molecule has 1 saturated heterocycles. The summed E-state index contributed by atoms with van der Waals surface area (Å²) in [6.07, 6.45) is 10.1. The summed E-state index contributed by atoms with van der Waals surface area (Å²) in [5, 5.41) is 14.2. The van der Waals surface area contributed by atoms with Crippen molar-refractivity contribution in [2.24, 2.45) is 0 Å². The minimum absolute atomic E-state index is 0.0121. The minimum Gasteiger partial charge on any atom is -0.494 e. The number of carbonyl (C=O) groups excluding carboxylic acids is 3. The topological polar surface area (TPSA) is 161 Å². The molecule has 10 nitrogen and oxygen atoms in total. The van der Waals surface area contributed by atoms with Gasteiger partial charge in [-0.15, -0.1) is 0 Å². The Hall–Kier alpha value is -4.21. The molecule has 0 bridgehead atoms. The first-order valence-electron chi connectivity index (χ1n) is 11.4. The molecule has 0 atom stereocenters. The number of nitrogens with one attached hydrogen (secondary N) is 4. The maximum absolute atomic E-state index is 12.2. The molecule has 0 spiro atoms. The van der Waals surface area contributed by atoms with Crippen LogP contribution in [0.3, 0.4) is 0 Å². The number of aromatic amines is 2. The van der Waals surface area contributed by atoms with Gasteiger partial charge < -0.3 is 5.11 Å². The summed E-state index contributed by atoms with van der Waals surface area (Å²) < 4.78 is 0. The second-order valence-electron chi connectivity index (χ2n) is 8.81. The molecule has 1 aromatic rings. The SMILES string of the molecule is CC1=C(C=C2C(=O)NC(=O)NC2=O)CCC/C1=C\C1=C(C)C(=C/c2c(O)[nH]c(=O)[nH]c2=O)/CCC1. The number of H-pyrrole nitrogens is 2. The number of barbiturate groups is 1. The van der Waals surface area contributed by atoms with Crippen LogP contribution in [0.5, 0.6) is 5.88 Å². The number of hydrogen-bond donors (Lipinski definition) is 5. The first kappa shape index (κ1) is 23.9. The van der Waals surface area contributed by atoms with E-state index in [9.17, 15) is 29.1 Å². The number of aromatic hydroxyl groups is 1. The summed E-state index contributed by atoms with van der Waals surface area (Å²) >= 11 is 0. The molecule has 4 rings (SSSR count). The average Bonchev–Trinajstić information content (AvgIpc) is 2.77. The number of carbonyl (C=O) groups is 3. The molecule has 10 heteroatoms. The third-order valence-corrected chi connectivity index (χ3v) is 6.60. The van der Waals surface area contributed by atoms with Crippen LogP contribution >= 0.6 is 0 Å². The predicted molar refractivity (Wildman–Crippen MR) is 128 cm³/mol. The molecule has 35 heavy (non-hydrogen) atoms. The molecule has 182 valence electrons. The second-order valence-corrected chi connectivity index (χ2v) is 8.81. The van der Waals surface area contributed by atoms with Crippen molar-refractivity contribution < 1.29 is 19.5 Å². The molecule has 1 aliphatic heterocycles. The van der Waals surface area contributed by atoms with Gasteiger partial charge in [-0.3, -0.25) is 35.0 Å². The number of allylic oxidation sites excluding steroid dienone is 8. The molecular weight excluding hydrogens is 452 g/mol. The van der Waals surface area contributed by atoms with Crippen molar-refractivity contribution in [3.05, 3.63) is 77.6 Å². The van der Waals surface area contributed by atoms with E-state index in [1.165, 1.54) is 0 Å². The van der Waals surface area contributed by atoms with E-state index in [0.717, 1.165) is 65.5 Å². The van der Waals surface area contributed by atoms with Crippen LogP contribution in [-0.4, -0.2) is 32.9 Å². The van der Waals surface area contributed by atoms with Gasteiger partial charge in [0, 0.05) is 0 Å². The Morgan fingerprint density at radius 2 is 1.26 bits per heavy atom. The lowest BCUT2D eigenvalue weighted by molar-refractivity contribution is -0.124. The summed E-state index contributed by atoms with van der Waals surface area (Å²) in [4.78, 5) is 63.4. The van der Waals surface area contributed by atoms with Crippen LogP contribution in [0.15, 0.2) is 60.8 Å².